The van der Waals surface area contributed by atoms with Gasteiger partial charge in [0.1, 0.15) is 11.6 Å². The number of nitrogens with zero attached hydrogens (tertiary/aromatic N) is 3. The first-order chi connectivity index (χ1) is 12.0. The number of aliphatic imine (C=N–C) groups is 1. The van der Waals surface area contributed by atoms with Crippen LogP contribution in [0.4, 0.5) is 5.82 Å². The van der Waals surface area contributed by atoms with E-state index in [0.29, 0.717) is 24.6 Å². The topological polar surface area (TPSA) is 97.9 Å². The Bertz CT molecular complexity index is 735. The zero-order valence-corrected chi connectivity index (χ0v) is 14.5. The number of rotatable bonds is 6. The van der Waals surface area contributed by atoms with Crippen molar-refractivity contribution in [1.29, 1.82) is 0 Å². The SMILES string of the molecule is C=C(C1=C(/N=C\C)N(C(=O)CCC(=O)OC)CC1)c1ccc(N)nc1. The Morgan fingerprint density at radius 1 is 1.44 bits per heavy atom. The summed E-state index contributed by atoms with van der Waals surface area (Å²) in [6, 6.07) is 3.55. The van der Waals surface area contributed by atoms with E-state index in [4.69, 9.17) is 5.73 Å². The lowest BCUT2D eigenvalue weighted by Crippen LogP contribution is -2.27. The number of esters is 1. The number of carbonyl (C=O) groups is 2. The van der Waals surface area contributed by atoms with Crippen LogP contribution in [0.2, 0.25) is 0 Å². The van der Waals surface area contributed by atoms with Gasteiger partial charge in [-0.3, -0.25) is 14.5 Å². The molecule has 1 aromatic heterocycles. The van der Waals surface area contributed by atoms with Crippen molar-refractivity contribution in [3.8, 4) is 0 Å². The molecular formula is C18H22N4O3. The van der Waals surface area contributed by atoms with Crippen molar-refractivity contribution < 1.29 is 14.3 Å². The summed E-state index contributed by atoms with van der Waals surface area (Å²) < 4.78 is 4.58. The van der Waals surface area contributed by atoms with Crippen LogP contribution in [0.1, 0.15) is 31.7 Å². The highest BCUT2D eigenvalue weighted by molar-refractivity contribution is 5.86. The quantitative estimate of drug-likeness (QED) is 0.631. The van der Waals surface area contributed by atoms with Gasteiger partial charge >= 0.3 is 5.97 Å². The van der Waals surface area contributed by atoms with Gasteiger partial charge in [0.05, 0.1) is 13.5 Å². The van der Waals surface area contributed by atoms with E-state index in [9.17, 15) is 9.59 Å². The molecule has 132 valence electrons. The zero-order valence-electron chi connectivity index (χ0n) is 14.5. The minimum absolute atomic E-state index is 0.0487. The second-order valence-corrected chi connectivity index (χ2v) is 5.51. The van der Waals surface area contributed by atoms with Crippen molar-refractivity contribution in [1.82, 2.24) is 9.88 Å². The van der Waals surface area contributed by atoms with Gasteiger partial charge in [-0.25, -0.2) is 9.98 Å². The van der Waals surface area contributed by atoms with E-state index in [1.807, 2.05) is 6.07 Å². The fraction of sp³-hybridized carbons (Fsp3) is 0.333. The summed E-state index contributed by atoms with van der Waals surface area (Å²) in [5, 5.41) is 0. The molecule has 0 unspecified atom stereocenters. The molecule has 0 bridgehead atoms. The molecule has 0 radical (unpaired) electrons. The summed E-state index contributed by atoms with van der Waals surface area (Å²) in [7, 11) is 1.30. The Balaban J connectivity index is 2.24. The van der Waals surface area contributed by atoms with Crippen molar-refractivity contribution in [3.05, 3.63) is 41.9 Å². The Morgan fingerprint density at radius 3 is 2.80 bits per heavy atom. The molecule has 2 rings (SSSR count). The van der Waals surface area contributed by atoms with Gasteiger partial charge in [-0.05, 0) is 36.6 Å². The second kappa shape index (κ2) is 8.23. The standard InChI is InChI=1S/C18H22N4O3/c1-4-20-18-14(12(2)13-5-6-15(19)21-11-13)9-10-22(18)16(23)7-8-17(24)25-3/h4-6,11H,2,7-10H2,1,3H3,(H2,19,21)/b20-4-. The number of hydrogen-bond acceptors (Lipinski definition) is 6. The molecule has 0 aromatic carbocycles. The number of anilines is 1. The van der Waals surface area contributed by atoms with Gasteiger partial charge in [0.25, 0.3) is 0 Å². The van der Waals surface area contributed by atoms with E-state index >= 15 is 0 Å². The lowest BCUT2D eigenvalue weighted by molar-refractivity contribution is -0.143. The molecule has 2 N–H and O–H groups in total. The Morgan fingerprint density at radius 2 is 2.20 bits per heavy atom. The maximum Gasteiger partial charge on any atom is 0.306 e. The molecule has 0 saturated carbocycles. The minimum Gasteiger partial charge on any atom is -0.469 e. The van der Waals surface area contributed by atoms with E-state index in [-0.39, 0.29) is 18.7 Å². The summed E-state index contributed by atoms with van der Waals surface area (Å²) in [5.74, 6) is 0.432. The summed E-state index contributed by atoms with van der Waals surface area (Å²) in [4.78, 5) is 33.7. The van der Waals surface area contributed by atoms with Crippen molar-refractivity contribution in [2.45, 2.75) is 26.2 Å². The average molecular weight is 342 g/mol. The number of nitrogens with two attached hydrogens (primary N) is 1. The first-order valence-electron chi connectivity index (χ1n) is 7.98. The van der Waals surface area contributed by atoms with Crippen LogP contribution in [0.5, 0.6) is 0 Å². The molecule has 1 aliphatic rings. The third kappa shape index (κ3) is 4.32. The molecule has 7 nitrogen and oxygen atoms in total. The maximum absolute atomic E-state index is 12.5. The van der Waals surface area contributed by atoms with E-state index in [0.717, 1.165) is 16.7 Å². The van der Waals surface area contributed by atoms with Crippen LogP contribution in [0.25, 0.3) is 5.57 Å². The van der Waals surface area contributed by atoms with Gasteiger partial charge in [0, 0.05) is 31.0 Å². The van der Waals surface area contributed by atoms with Gasteiger partial charge in [-0.15, -0.1) is 0 Å². The highest BCUT2D eigenvalue weighted by Crippen LogP contribution is 2.34. The summed E-state index contributed by atoms with van der Waals surface area (Å²) in [5.41, 5.74) is 8.10. The lowest BCUT2D eigenvalue weighted by atomic mass is 10.00. The number of methoxy groups -OCH3 is 1. The third-order valence-corrected chi connectivity index (χ3v) is 3.93. The maximum atomic E-state index is 12.5. The predicted molar refractivity (Wildman–Crippen MR) is 96.5 cm³/mol. The molecule has 0 fully saturated rings. The summed E-state index contributed by atoms with van der Waals surface area (Å²) in [6.45, 7) is 6.41. The number of amides is 1. The Labute approximate surface area is 146 Å². The average Bonchev–Trinajstić information content (AvgIpc) is 3.03. The molecule has 25 heavy (non-hydrogen) atoms. The van der Waals surface area contributed by atoms with E-state index in [1.165, 1.54) is 7.11 Å². The summed E-state index contributed by atoms with van der Waals surface area (Å²) >= 11 is 0. The fourth-order valence-corrected chi connectivity index (χ4v) is 2.61. The van der Waals surface area contributed by atoms with Gasteiger partial charge in [-0.2, -0.15) is 0 Å². The molecule has 0 spiro atoms. The monoisotopic (exact) mass is 342 g/mol. The fourth-order valence-electron chi connectivity index (χ4n) is 2.61. The number of allylic oxidation sites excluding steroid dienone is 1. The first-order valence-corrected chi connectivity index (χ1v) is 7.98. The molecule has 1 amide bonds. The lowest BCUT2D eigenvalue weighted by Gasteiger charge is -2.17. The van der Waals surface area contributed by atoms with Crippen molar-refractivity contribution in [3.63, 3.8) is 0 Å². The first kappa shape index (κ1) is 18.4. The smallest absolute Gasteiger partial charge is 0.306 e. The molecular weight excluding hydrogens is 320 g/mol. The number of hydrogen-bond donors (Lipinski definition) is 1. The van der Waals surface area contributed by atoms with Crippen LogP contribution >= 0.6 is 0 Å². The molecule has 7 heteroatoms. The number of ether oxygens (including phenoxy) is 1. The van der Waals surface area contributed by atoms with Crippen LogP contribution in [-0.4, -0.2) is 41.6 Å². The number of nitrogen functional groups attached to an aromatic ring is 1. The zero-order chi connectivity index (χ0) is 18.4. The Kier molecular flexibility index (Phi) is 6.05. The van der Waals surface area contributed by atoms with Gasteiger partial charge in [0.2, 0.25) is 5.91 Å². The molecule has 1 aromatic rings. The number of aromatic nitrogens is 1. The largest absolute Gasteiger partial charge is 0.469 e. The molecule has 0 atom stereocenters. The highest BCUT2D eigenvalue weighted by Gasteiger charge is 2.29. The van der Waals surface area contributed by atoms with Crippen LogP contribution in [-0.2, 0) is 14.3 Å². The van der Waals surface area contributed by atoms with E-state index in [2.05, 4.69) is 21.3 Å². The van der Waals surface area contributed by atoms with Gasteiger partial charge < -0.3 is 10.5 Å². The van der Waals surface area contributed by atoms with E-state index in [1.54, 1.807) is 30.3 Å². The van der Waals surface area contributed by atoms with Crippen molar-refractivity contribution >= 4 is 29.5 Å². The van der Waals surface area contributed by atoms with Crippen LogP contribution in [0.15, 0.2) is 41.3 Å². The number of pyridine rings is 1. The summed E-state index contributed by atoms with van der Waals surface area (Å²) in [6.07, 6.45) is 4.06. The van der Waals surface area contributed by atoms with Crippen molar-refractivity contribution in [2.75, 3.05) is 19.4 Å². The Hall–Kier alpha value is -2.96. The van der Waals surface area contributed by atoms with Crippen molar-refractivity contribution in [2.24, 2.45) is 4.99 Å². The van der Waals surface area contributed by atoms with E-state index < -0.39 is 5.97 Å². The predicted octanol–water partition coefficient (Wildman–Crippen LogP) is 2.16. The number of carbonyl (C=O) groups excluding carboxylic acids is 2. The van der Waals surface area contributed by atoms with Crippen LogP contribution in [0.3, 0.4) is 0 Å². The second-order valence-electron chi connectivity index (χ2n) is 5.51. The van der Waals surface area contributed by atoms with Gasteiger partial charge in [0.15, 0.2) is 0 Å². The molecule has 0 aliphatic carbocycles. The normalized spacial score (nSPS) is 14.2. The molecule has 1 aliphatic heterocycles. The van der Waals surface area contributed by atoms with Crippen LogP contribution < -0.4 is 5.73 Å². The van der Waals surface area contributed by atoms with Crippen LogP contribution in [0, 0.1) is 0 Å². The highest BCUT2D eigenvalue weighted by atomic mass is 16.5. The molecule has 2 heterocycles. The van der Waals surface area contributed by atoms with Gasteiger partial charge in [-0.1, -0.05) is 6.58 Å². The minimum atomic E-state index is -0.408. The molecule has 0 saturated heterocycles. The third-order valence-electron chi connectivity index (χ3n) is 3.93.